The maximum atomic E-state index is 11.6. The SMILES string of the molecule is COCCC(NC(=O)NCc1cccc(Br)c1)C(=O)O. The Hall–Kier alpha value is -1.60. The van der Waals surface area contributed by atoms with Crippen molar-refractivity contribution in [1.29, 1.82) is 0 Å². The van der Waals surface area contributed by atoms with Crippen LogP contribution in [0.2, 0.25) is 0 Å². The first-order chi connectivity index (χ1) is 9.52. The van der Waals surface area contributed by atoms with E-state index in [9.17, 15) is 9.59 Å². The number of hydrogen-bond acceptors (Lipinski definition) is 3. The van der Waals surface area contributed by atoms with Gasteiger partial charge in [0.05, 0.1) is 0 Å². The number of hydrogen-bond donors (Lipinski definition) is 3. The molecule has 1 aromatic carbocycles. The van der Waals surface area contributed by atoms with E-state index in [0.29, 0.717) is 6.54 Å². The first kappa shape index (κ1) is 16.5. The van der Waals surface area contributed by atoms with E-state index in [0.717, 1.165) is 10.0 Å². The minimum Gasteiger partial charge on any atom is -0.480 e. The molecule has 0 radical (unpaired) electrons. The molecule has 3 N–H and O–H groups in total. The molecule has 0 aliphatic heterocycles. The van der Waals surface area contributed by atoms with Crippen molar-refractivity contribution in [3.8, 4) is 0 Å². The van der Waals surface area contributed by atoms with E-state index in [-0.39, 0.29) is 13.0 Å². The fraction of sp³-hybridized carbons (Fsp3) is 0.385. The zero-order valence-electron chi connectivity index (χ0n) is 11.1. The number of urea groups is 1. The van der Waals surface area contributed by atoms with Crippen molar-refractivity contribution >= 4 is 27.9 Å². The van der Waals surface area contributed by atoms with Crippen LogP contribution in [-0.2, 0) is 16.1 Å². The lowest BCUT2D eigenvalue weighted by Crippen LogP contribution is -2.46. The Labute approximate surface area is 125 Å². The Morgan fingerprint density at radius 3 is 2.80 bits per heavy atom. The van der Waals surface area contributed by atoms with E-state index in [1.54, 1.807) is 0 Å². The predicted octanol–water partition coefficient (Wildman–Crippen LogP) is 1.74. The number of rotatable bonds is 7. The Bertz CT molecular complexity index is 467. The van der Waals surface area contributed by atoms with Gasteiger partial charge in [0, 0.05) is 31.2 Å². The van der Waals surface area contributed by atoms with Crippen LogP contribution in [0.4, 0.5) is 4.79 Å². The maximum absolute atomic E-state index is 11.6. The highest BCUT2D eigenvalue weighted by atomic mass is 79.9. The number of halogens is 1. The molecule has 20 heavy (non-hydrogen) atoms. The Morgan fingerprint density at radius 1 is 1.45 bits per heavy atom. The number of benzene rings is 1. The van der Waals surface area contributed by atoms with Crippen molar-refractivity contribution in [2.45, 2.75) is 19.0 Å². The van der Waals surface area contributed by atoms with Gasteiger partial charge >= 0.3 is 12.0 Å². The van der Waals surface area contributed by atoms with Crippen molar-refractivity contribution < 1.29 is 19.4 Å². The zero-order chi connectivity index (χ0) is 15.0. The molecule has 0 spiro atoms. The van der Waals surface area contributed by atoms with Crippen molar-refractivity contribution in [2.24, 2.45) is 0 Å². The number of nitrogens with one attached hydrogen (secondary N) is 2. The second-order valence-corrected chi connectivity index (χ2v) is 5.04. The number of amides is 2. The maximum Gasteiger partial charge on any atom is 0.326 e. The van der Waals surface area contributed by atoms with Gasteiger partial charge in [-0.1, -0.05) is 28.1 Å². The van der Waals surface area contributed by atoms with Crippen molar-refractivity contribution in [1.82, 2.24) is 10.6 Å². The fourth-order valence-corrected chi connectivity index (χ4v) is 1.98. The first-order valence-corrected chi connectivity index (χ1v) is 6.82. The van der Waals surface area contributed by atoms with E-state index >= 15 is 0 Å². The molecule has 6 nitrogen and oxygen atoms in total. The summed E-state index contributed by atoms with van der Waals surface area (Å²) in [4.78, 5) is 22.6. The number of carbonyl (C=O) groups excluding carboxylic acids is 1. The van der Waals surface area contributed by atoms with Gasteiger partial charge in [0.1, 0.15) is 6.04 Å². The van der Waals surface area contributed by atoms with E-state index < -0.39 is 18.0 Å². The van der Waals surface area contributed by atoms with Gasteiger partial charge in [-0.2, -0.15) is 0 Å². The van der Waals surface area contributed by atoms with E-state index in [1.165, 1.54) is 7.11 Å². The topological polar surface area (TPSA) is 87.7 Å². The van der Waals surface area contributed by atoms with Crippen LogP contribution in [0.15, 0.2) is 28.7 Å². The molecule has 0 aromatic heterocycles. The number of carboxylic acid groups (broad SMARTS) is 1. The summed E-state index contributed by atoms with van der Waals surface area (Å²) in [7, 11) is 1.48. The van der Waals surface area contributed by atoms with Crippen LogP contribution >= 0.6 is 15.9 Å². The van der Waals surface area contributed by atoms with Crippen LogP contribution in [0, 0.1) is 0 Å². The molecule has 0 saturated heterocycles. The number of ether oxygens (including phenoxy) is 1. The van der Waals surface area contributed by atoms with E-state index in [4.69, 9.17) is 9.84 Å². The highest BCUT2D eigenvalue weighted by Crippen LogP contribution is 2.11. The normalized spacial score (nSPS) is 11.7. The molecule has 1 atom stereocenters. The lowest BCUT2D eigenvalue weighted by molar-refractivity contribution is -0.139. The van der Waals surface area contributed by atoms with E-state index in [2.05, 4.69) is 26.6 Å². The number of carboxylic acids is 1. The highest BCUT2D eigenvalue weighted by molar-refractivity contribution is 9.10. The van der Waals surface area contributed by atoms with Gasteiger partial charge in [-0.15, -0.1) is 0 Å². The molecule has 2 amide bonds. The molecule has 0 bridgehead atoms. The third-order valence-electron chi connectivity index (χ3n) is 2.56. The van der Waals surface area contributed by atoms with Gasteiger partial charge < -0.3 is 20.5 Å². The number of aliphatic carboxylic acids is 1. The molecular weight excluding hydrogens is 328 g/mol. The molecule has 1 aromatic rings. The van der Waals surface area contributed by atoms with Crippen LogP contribution in [-0.4, -0.2) is 36.9 Å². The Kier molecular flexibility index (Phi) is 7.03. The molecule has 110 valence electrons. The fourth-order valence-electron chi connectivity index (χ4n) is 1.53. The lowest BCUT2D eigenvalue weighted by atomic mass is 10.2. The molecule has 0 saturated carbocycles. The second kappa shape index (κ2) is 8.55. The van der Waals surface area contributed by atoms with Gasteiger partial charge in [0.15, 0.2) is 0 Å². The average molecular weight is 345 g/mol. The first-order valence-electron chi connectivity index (χ1n) is 6.03. The third kappa shape index (κ3) is 6.03. The van der Waals surface area contributed by atoms with Gasteiger partial charge in [-0.25, -0.2) is 9.59 Å². The summed E-state index contributed by atoms with van der Waals surface area (Å²) in [6.07, 6.45) is 0.218. The minimum absolute atomic E-state index is 0.218. The van der Waals surface area contributed by atoms with Crippen LogP contribution < -0.4 is 10.6 Å². The average Bonchev–Trinajstić information content (AvgIpc) is 2.41. The lowest BCUT2D eigenvalue weighted by Gasteiger charge is -2.14. The second-order valence-electron chi connectivity index (χ2n) is 4.13. The smallest absolute Gasteiger partial charge is 0.326 e. The van der Waals surface area contributed by atoms with Crippen molar-refractivity contribution in [3.05, 3.63) is 34.3 Å². The van der Waals surface area contributed by atoms with E-state index in [1.807, 2.05) is 24.3 Å². The summed E-state index contributed by atoms with van der Waals surface area (Å²) in [6.45, 7) is 0.588. The summed E-state index contributed by atoms with van der Waals surface area (Å²) in [5.41, 5.74) is 0.915. The Morgan fingerprint density at radius 2 is 2.20 bits per heavy atom. The summed E-state index contributed by atoms with van der Waals surface area (Å²) < 4.78 is 5.72. The molecule has 1 unspecified atom stereocenters. The molecular formula is C13H17BrN2O4. The Balaban J connectivity index is 2.43. The standard InChI is InChI=1S/C13H17BrN2O4/c1-20-6-5-11(12(17)18)16-13(19)15-8-9-3-2-4-10(14)7-9/h2-4,7,11H,5-6,8H2,1H3,(H,17,18)(H2,15,16,19). The molecule has 0 aliphatic rings. The molecule has 1 rings (SSSR count). The van der Waals surface area contributed by atoms with Crippen LogP contribution in [0.1, 0.15) is 12.0 Å². The monoisotopic (exact) mass is 344 g/mol. The van der Waals surface area contributed by atoms with Gasteiger partial charge in [0.2, 0.25) is 0 Å². The van der Waals surface area contributed by atoms with Gasteiger partial charge in [0.25, 0.3) is 0 Å². The molecule has 0 heterocycles. The third-order valence-corrected chi connectivity index (χ3v) is 3.05. The van der Waals surface area contributed by atoms with Crippen LogP contribution in [0.25, 0.3) is 0 Å². The quantitative estimate of drug-likeness (QED) is 0.702. The number of carbonyl (C=O) groups is 2. The molecule has 0 aliphatic carbocycles. The predicted molar refractivity (Wildman–Crippen MR) is 77.4 cm³/mol. The number of methoxy groups -OCH3 is 1. The molecule has 7 heteroatoms. The summed E-state index contributed by atoms with van der Waals surface area (Å²) in [6, 6.07) is 6.00. The van der Waals surface area contributed by atoms with Gasteiger partial charge in [-0.3, -0.25) is 0 Å². The minimum atomic E-state index is -1.08. The van der Waals surface area contributed by atoms with Crippen molar-refractivity contribution in [3.63, 3.8) is 0 Å². The summed E-state index contributed by atoms with van der Waals surface area (Å²) in [5.74, 6) is -1.08. The zero-order valence-corrected chi connectivity index (χ0v) is 12.6. The van der Waals surface area contributed by atoms with Crippen molar-refractivity contribution in [2.75, 3.05) is 13.7 Å². The van der Waals surface area contributed by atoms with Gasteiger partial charge in [-0.05, 0) is 17.7 Å². The van der Waals surface area contributed by atoms with Crippen LogP contribution in [0.3, 0.4) is 0 Å². The molecule has 0 fully saturated rings. The summed E-state index contributed by atoms with van der Waals surface area (Å²) >= 11 is 3.34. The van der Waals surface area contributed by atoms with Crippen LogP contribution in [0.5, 0.6) is 0 Å². The largest absolute Gasteiger partial charge is 0.480 e. The summed E-state index contributed by atoms with van der Waals surface area (Å²) in [5, 5.41) is 14.0. The highest BCUT2D eigenvalue weighted by Gasteiger charge is 2.19.